The zero-order valence-corrected chi connectivity index (χ0v) is 17.7. The lowest BCUT2D eigenvalue weighted by molar-refractivity contribution is 0.153. The lowest BCUT2D eigenvalue weighted by Gasteiger charge is -2.32. The molecule has 0 saturated carbocycles. The standard InChI is InChI=1S/C21H32N4O.ClH/c1-4-21-22-9-11-25(21)17-19-16-18(7-8-20(19)26-3)6-5-10-24-14-12-23(2)13-15-24;/h7-9,11,16H,4-6,10,12-15,17H2,1-3H3;1H. The van der Waals surface area contributed by atoms with E-state index in [-0.39, 0.29) is 12.4 Å². The maximum Gasteiger partial charge on any atom is 0.123 e. The first-order chi connectivity index (χ1) is 12.7. The van der Waals surface area contributed by atoms with Crippen LogP contribution in [0.25, 0.3) is 0 Å². The van der Waals surface area contributed by atoms with E-state index in [0.717, 1.165) is 31.0 Å². The molecule has 0 aliphatic carbocycles. The molecule has 1 saturated heterocycles. The average Bonchev–Trinajstić information content (AvgIpc) is 3.11. The van der Waals surface area contributed by atoms with Crippen molar-refractivity contribution in [2.75, 3.05) is 46.9 Å². The molecule has 1 aromatic carbocycles. The van der Waals surface area contributed by atoms with E-state index in [9.17, 15) is 0 Å². The van der Waals surface area contributed by atoms with Crippen LogP contribution in [0, 0.1) is 0 Å². The lowest BCUT2D eigenvalue weighted by Crippen LogP contribution is -2.44. The first-order valence-electron chi connectivity index (χ1n) is 9.76. The number of ether oxygens (including phenoxy) is 1. The highest BCUT2D eigenvalue weighted by molar-refractivity contribution is 5.85. The number of aromatic nitrogens is 2. The monoisotopic (exact) mass is 392 g/mol. The van der Waals surface area contributed by atoms with Gasteiger partial charge in [0.1, 0.15) is 11.6 Å². The fourth-order valence-electron chi connectivity index (χ4n) is 3.67. The molecule has 0 unspecified atom stereocenters. The Bertz CT molecular complexity index is 695. The van der Waals surface area contributed by atoms with Crippen LogP contribution in [0.1, 0.15) is 30.3 Å². The number of nitrogens with zero attached hydrogens (tertiary/aromatic N) is 4. The molecule has 0 spiro atoms. The molecule has 2 aromatic rings. The quantitative estimate of drug-likeness (QED) is 0.691. The van der Waals surface area contributed by atoms with Crippen molar-refractivity contribution < 1.29 is 4.74 Å². The SMILES string of the molecule is CCc1nccn1Cc1cc(CCCN2CCN(C)CC2)ccc1OC.Cl. The van der Waals surface area contributed by atoms with Gasteiger partial charge in [0.2, 0.25) is 0 Å². The molecule has 1 aliphatic rings. The highest BCUT2D eigenvalue weighted by Gasteiger charge is 2.13. The molecule has 0 N–H and O–H groups in total. The Hall–Kier alpha value is -1.56. The van der Waals surface area contributed by atoms with Gasteiger partial charge in [-0.1, -0.05) is 19.1 Å². The number of rotatable bonds is 8. The van der Waals surface area contributed by atoms with Crippen molar-refractivity contribution in [3.8, 4) is 5.75 Å². The second-order valence-electron chi connectivity index (χ2n) is 7.22. The van der Waals surface area contributed by atoms with Crippen LogP contribution in [0.5, 0.6) is 5.75 Å². The number of benzene rings is 1. The summed E-state index contributed by atoms with van der Waals surface area (Å²) in [6.07, 6.45) is 7.21. The van der Waals surface area contributed by atoms with Crippen molar-refractivity contribution in [1.82, 2.24) is 19.4 Å². The smallest absolute Gasteiger partial charge is 0.123 e. The molecule has 0 amide bonds. The summed E-state index contributed by atoms with van der Waals surface area (Å²) in [5, 5.41) is 0. The molecule has 0 atom stereocenters. The Balaban J connectivity index is 0.00000261. The van der Waals surface area contributed by atoms with Gasteiger partial charge in [-0.2, -0.15) is 0 Å². The van der Waals surface area contributed by atoms with Crippen molar-refractivity contribution >= 4 is 12.4 Å². The first kappa shape index (κ1) is 21.7. The second kappa shape index (κ2) is 10.7. The number of piperazine rings is 1. The van der Waals surface area contributed by atoms with Crippen LogP contribution in [-0.4, -0.2) is 66.2 Å². The van der Waals surface area contributed by atoms with Crippen molar-refractivity contribution in [1.29, 1.82) is 0 Å². The normalized spacial score (nSPS) is 15.5. The number of likely N-dealkylation sites (N-methyl/N-ethyl adjacent to an activating group) is 1. The molecule has 3 rings (SSSR count). The van der Waals surface area contributed by atoms with Gasteiger partial charge in [-0.3, -0.25) is 0 Å². The Labute approximate surface area is 169 Å². The number of imidazole rings is 1. The summed E-state index contributed by atoms with van der Waals surface area (Å²) in [7, 11) is 3.96. The molecule has 1 fully saturated rings. The third-order valence-electron chi connectivity index (χ3n) is 5.34. The van der Waals surface area contributed by atoms with Crippen LogP contribution < -0.4 is 4.74 Å². The number of methoxy groups -OCH3 is 1. The van der Waals surface area contributed by atoms with Crippen LogP contribution in [-0.2, 0) is 19.4 Å². The van der Waals surface area contributed by atoms with Crippen LogP contribution in [0.4, 0.5) is 0 Å². The van der Waals surface area contributed by atoms with E-state index < -0.39 is 0 Å². The predicted molar refractivity (Wildman–Crippen MR) is 113 cm³/mol. The summed E-state index contributed by atoms with van der Waals surface area (Å²) in [6.45, 7) is 8.93. The summed E-state index contributed by atoms with van der Waals surface area (Å²) in [6, 6.07) is 6.63. The summed E-state index contributed by atoms with van der Waals surface area (Å²) in [5.41, 5.74) is 2.63. The summed E-state index contributed by atoms with van der Waals surface area (Å²) in [5.74, 6) is 2.08. The average molecular weight is 393 g/mol. The molecule has 1 aliphatic heterocycles. The number of aryl methyl sites for hydroxylation is 2. The van der Waals surface area contributed by atoms with Crippen molar-refractivity contribution in [3.63, 3.8) is 0 Å². The van der Waals surface area contributed by atoms with Gasteiger partial charge in [-0.25, -0.2) is 4.98 Å². The maximum atomic E-state index is 5.59. The van der Waals surface area contributed by atoms with Gasteiger partial charge in [0.25, 0.3) is 0 Å². The highest BCUT2D eigenvalue weighted by atomic mass is 35.5. The third-order valence-corrected chi connectivity index (χ3v) is 5.34. The fourth-order valence-corrected chi connectivity index (χ4v) is 3.67. The zero-order chi connectivity index (χ0) is 18.4. The van der Waals surface area contributed by atoms with E-state index in [4.69, 9.17) is 4.74 Å². The number of hydrogen-bond donors (Lipinski definition) is 0. The third kappa shape index (κ3) is 5.96. The molecule has 0 bridgehead atoms. The maximum absolute atomic E-state index is 5.59. The topological polar surface area (TPSA) is 33.5 Å². The van der Waals surface area contributed by atoms with E-state index in [1.807, 2.05) is 6.20 Å². The number of halogens is 1. The van der Waals surface area contributed by atoms with E-state index >= 15 is 0 Å². The van der Waals surface area contributed by atoms with Crippen LogP contribution in [0.2, 0.25) is 0 Å². The molecular weight excluding hydrogens is 360 g/mol. The van der Waals surface area contributed by atoms with Crippen LogP contribution >= 0.6 is 12.4 Å². The first-order valence-corrected chi connectivity index (χ1v) is 9.76. The van der Waals surface area contributed by atoms with Gasteiger partial charge in [0.15, 0.2) is 0 Å². The van der Waals surface area contributed by atoms with E-state index in [2.05, 4.69) is 57.7 Å². The molecule has 0 radical (unpaired) electrons. The van der Waals surface area contributed by atoms with E-state index in [0.29, 0.717) is 0 Å². The van der Waals surface area contributed by atoms with E-state index in [1.165, 1.54) is 50.3 Å². The molecule has 1 aromatic heterocycles. The summed E-state index contributed by atoms with van der Waals surface area (Å²) >= 11 is 0. The molecular formula is C21H33ClN4O. The minimum absolute atomic E-state index is 0. The van der Waals surface area contributed by atoms with Gasteiger partial charge >= 0.3 is 0 Å². The van der Waals surface area contributed by atoms with E-state index in [1.54, 1.807) is 7.11 Å². The number of hydrogen-bond acceptors (Lipinski definition) is 4. The van der Waals surface area contributed by atoms with Crippen LogP contribution in [0.3, 0.4) is 0 Å². The lowest BCUT2D eigenvalue weighted by atomic mass is 10.0. The van der Waals surface area contributed by atoms with Crippen molar-refractivity contribution in [2.24, 2.45) is 0 Å². The fraction of sp³-hybridized carbons (Fsp3) is 0.571. The van der Waals surface area contributed by atoms with Gasteiger partial charge in [-0.05, 0) is 38.1 Å². The Morgan fingerprint density at radius 1 is 1.15 bits per heavy atom. The molecule has 150 valence electrons. The molecule has 2 heterocycles. The van der Waals surface area contributed by atoms with Crippen LogP contribution in [0.15, 0.2) is 30.6 Å². The molecule has 5 nitrogen and oxygen atoms in total. The van der Waals surface area contributed by atoms with Gasteiger partial charge in [0, 0.05) is 50.6 Å². The Morgan fingerprint density at radius 2 is 1.93 bits per heavy atom. The highest BCUT2D eigenvalue weighted by Crippen LogP contribution is 2.22. The zero-order valence-electron chi connectivity index (χ0n) is 16.9. The summed E-state index contributed by atoms with van der Waals surface area (Å²) in [4.78, 5) is 9.43. The van der Waals surface area contributed by atoms with Crippen molar-refractivity contribution in [2.45, 2.75) is 32.7 Å². The predicted octanol–water partition coefficient (Wildman–Crippen LogP) is 3.10. The largest absolute Gasteiger partial charge is 0.496 e. The molecule has 6 heteroatoms. The molecule has 27 heavy (non-hydrogen) atoms. The van der Waals surface area contributed by atoms with Gasteiger partial charge in [0.05, 0.1) is 13.7 Å². The minimum Gasteiger partial charge on any atom is -0.496 e. The summed E-state index contributed by atoms with van der Waals surface area (Å²) < 4.78 is 7.80. The van der Waals surface area contributed by atoms with Gasteiger partial charge in [-0.15, -0.1) is 12.4 Å². The second-order valence-corrected chi connectivity index (χ2v) is 7.22. The minimum atomic E-state index is 0. The van der Waals surface area contributed by atoms with Gasteiger partial charge < -0.3 is 19.1 Å². The Morgan fingerprint density at radius 3 is 2.63 bits per heavy atom. The van der Waals surface area contributed by atoms with Crippen molar-refractivity contribution in [3.05, 3.63) is 47.5 Å². The Kier molecular flexibility index (Phi) is 8.61.